The molecule has 0 aliphatic heterocycles. The van der Waals surface area contributed by atoms with E-state index in [0.717, 1.165) is 51.4 Å². The van der Waals surface area contributed by atoms with Crippen molar-refractivity contribution in [3.8, 4) is 0 Å². The van der Waals surface area contributed by atoms with Gasteiger partial charge in [-0.3, -0.25) is 9.59 Å². The molecule has 8 nitrogen and oxygen atoms in total. The van der Waals surface area contributed by atoms with Crippen LogP contribution in [0.15, 0.2) is 25.3 Å². The molecular weight excluding hydrogens is 436 g/mol. The molecule has 0 aromatic rings. The number of carbonyl (C=O) groups is 2. The summed E-state index contributed by atoms with van der Waals surface area (Å²) >= 11 is 0. The maximum Gasteiger partial charge on any atom is 0.243 e. The van der Waals surface area contributed by atoms with Crippen LogP contribution < -0.4 is 10.6 Å². The summed E-state index contributed by atoms with van der Waals surface area (Å²) in [6.45, 7) is 16.2. The quantitative estimate of drug-likeness (QED) is 0.150. The molecule has 200 valence electrons. The van der Waals surface area contributed by atoms with Crippen LogP contribution in [-0.4, -0.2) is 63.9 Å². The van der Waals surface area contributed by atoms with E-state index in [1.807, 2.05) is 13.8 Å². The van der Waals surface area contributed by atoms with Crippen LogP contribution in [0.1, 0.15) is 79.1 Å². The van der Waals surface area contributed by atoms with Crippen molar-refractivity contribution in [1.82, 2.24) is 10.6 Å². The third-order valence-corrected chi connectivity index (χ3v) is 5.05. The van der Waals surface area contributed by atoms with Crippen LogP contribution in [0.25, 0.3) is 0 Å². The third-order valence-electron chi connectivity index (χ3n) is 5.05. The van der Waals surface area contributed by atoms with Crippen LogP contribution in [0.3, 0.4) is 0 Å². The summed E-state index contributed by atoms with van der Waals surface area (Å²) in [6, 6.07) is -0.228. The summed E-state index contributed by atoms with van der Waals surface area (Å²) in [6.07, 6.45) is 10.1. The molecule has 0 heterocycles. The molecule has 2 N–H and O–H groups in total. The average Bonchev–Trinajstić information content (AvgIpc) is 2.84. The van der Waals surface area contributed by atoms with Gasteiger partial charge in [0.1, 0.15) is 0 Å². The van der Waals surface area contributed by atoms with Crippen LogP contribution in [0.4, 0.5) is 0 Å². The molecule has 34 heavy (non-hydrogen) atoms. The predicted octanol–water partition coefficient (Wildman–Crippen LogP) is 4.49. The SMILES string of the molecule is C=CC(=O)NC(CCCCC)C(OC)OC.C=CC(=O)NC(CCCCC)C(OCC)OCC. The van der Waals surface area contributed by atoms with Gasteiger partial charge in [-0.1, -0.05) is 65.5 Å². The highest BCUT2D eigenvalue weighted by molar-refractivity contribution is 5.87. The second kappa shape index (κ2) is 24.4. The van der Waals surface area contributed by atoms with Crippen molar-refractivity contribution in [3.05, 3.63) is 25.3 Å². The van der Waals surface area contributed by atoms with Gasteiger partial charge in [-0.2, -0.15) is 0 Å². The second-order valence-electron chi connectivity index (χ2n) is 7.75. The van der Waals surface area contributed by atoms with Crippen molar-refractivity contribution in [2.24, 2.45) is 0 Å². The highest BCUT2D eigenvalue weighted by Crippen LogP contribution is 2.12. The zero-order valence-corrected chi connectivity index (χ0v) is 22.4. The van der Waals surface area contributed by atoms with E-state index in [-0.39, 0.29) is 30.2 Å². The molecule has 0 saturated heterocycles. The fourth-order valence-electron chi connectivity index (χ4n) is 3.30. The van der Waals surface area contributed by atoms with Gasteiger partial charge in [-0.05, 0) is 38.8 Å². The summed E-state index contributed by atoms with van der Waals surface area (Å²) in [5.41, 5.74) is 0. The van der Waals surface area contributed by atoms with Crippen molar-refractivity contribution in [2.75, 3.05) is 27.4 Å². The largest absolute Gasteiger partial charge is 0.354 e. The average molecular weight is 487 g/mol. The first-order chi connectivity index (χ1) is 16.4. The summed E-state index contributed by atoms with van der Waals surface area (Å²) < 4.78 is 21.4. The van der Waals surface area contributed by atoms with E-state index >= 15 is 0 Å². The molecule has 0 aliphatic rings. The van der Waals surface area contributed by atoms with Crippen LogP contribution in [0.2, 0.25) is 0 Å². The summed E-state index contributed by atoms with van der Waals surface area (Å²) in [4.78, 5) is 22.7. The van der Waals surface area contributed by atoms with Gasteiger partial charge in [0, 0.05) is 27.4 Å². The van der Waals surface area contributed by atoms with Crippen LogP contribution >= 0.6 is 0 Å². The van der Waals surface area contributed by atoms with E-state index < -0.39 is 6.29 Å². The van der Waals surface area contributed by atoms with Gasteiger partial charge in [-0.25, -0.2) is 0 Å². The molecule has 0 radical (unpaired) electrons. The Morgan fingerprint density at radius 3 is 1.38 bits per heavy atom. The van der Waals surface area contributed by atoms with Gasteiger partial charge in [0.25, 0.3) is 0 Å². The first-order valence-electron chi connectivity index (χ1n) is 12.5. The van der Waals surface area contributed by atoms with E-state index in [1.54, 1.807) is 14.2 Å². The number of hydrogen-bond acceptors (Lipinski definition) is 6. The molecule has 0 aromatic heterocycles. The zero-order chi connectivity index (χ0) is 26.2. The molecule has 0 rings (SSSR count). The van der Waals surface area contributed by atoms with Crippen LogP contribution in [0.5, 0.6) is 0 Å². The Labute approximate surface area is 207 Å². The monoisotopic (exact) mass is 486 g/mol. The predicted molar refractivity (Wildman–Crippen MR) is 137 cm³/mol. The molecule has 0 saturated carbocycles. The lowest BCUT2D eigenvalue weighted by atomic mass is 10.1. The summed E-state index contributed by atoms with van der Waals surface area (Å²) in [7, 11) is 3.14. The van der Waals surface area contributed by atoms with Crippen molar-refractivity contribution >= 4 is 11.8 Å². The first-order valence-corrected chi connectivity index (χ1v) is 12.5. The van der Waals surface area contributed by atoms with Gasteiger partial charge in [0.2, 0.25) is 11.8 Å². The van der Waals surface area contributed by atoms with Gasteiger partial charge in [-0.15, -0.1) is 0 Å². The van der Waals surface area contributed by atoms with Gasteiger partial charge >= 0.3 is 0 Å². The maximum atomic E-state index is 11.4. The molecule has 2 atom stereocenters. The fraction of sp³-hybridized carbons (Fsp3) is 0.769. The number of methoxy groups -OCH3 is 2. The smallest absolute Gasteiger partial charge is 0.243 e. The van der Waals surface area contributed by atoms with E-state index in [2.05, 4.69) is 37.6 Å². The molecule has 0 aromatic carbocycles. The Kier molecular flexibility index (Phi) is 24.7. The van der Waals surface area contributed by atoms with Crippen molar-refractivity contribution in [1.29, 1.82) is 0 Å². The van der Waals surface area contributed by atoms with Crippen molar-refractivity contribution in [2.45, 2.75) is 104 Å². The normalized spacial score (nSPS) is 12.5. The first kappa shape index (κ1) is 34.4. The molecular formula is C26H50N2O6. The fourth-order valence-corrected chi connectivity index (χ4v) is 3.30. The molecule has 0 spiro atoms. The lowest BCUT2D eigenvalue weighted by Gasteiger charge is -2.27. The van der Waals surface area contributed by atoms with E-state index in [9.17, 15) is 9.59 Å². The lowest BCUT2D eigenvalue weighted by molar-refractivity contribution is -0.158. The minimum absolute atomic E-state index is 0.109. The Morgan fingerprint density at radius 1 is 0.706 bits per heavy atom. The van der Waals surface area contributed by atoms with Crippen LogP contribution in [0, 0.1) is 0 Å². The van der Waals surface area contributed by atoms with E-state index in [1.165, 1.54) is 12.2 Å². The number of unbranched alkanes of at least 4 members (excludes halogenated alkanes) is 4. The number of hydrogen-bond donors (Lipinski definition) is 2. The Balaban J connectivity index is 0. The number of carbonyl (C=O) groups excluding carboxylic acids is 2. The molecule has 2 unspecified atom stereocenters. The molecule has 0 fully saturated rings. The summed E-state index contributed by atoms with van der Waals surface area (Å²) in [5.74, 6) is -0.374. The number of nitrogens with one attached hydrogen (secondary N) is 2. The van der Waals surface area contributed by atoms with Crippen molar-refractivity contribution < 1.29 is 28.5 Å². The second-order valence-corrected chi connectivity index (χ2v) is 7.75. The standard InChI is InChI=1S/C14H27NO3.C12H23NO3/c1-5-9-10-11-12(15-13(16)6-2)14(17-7-3)18-8-4;1-5-7-8-9-10(12(15-3)16-4)13-11(14)6-2/h6,12,14H,2,5,7-11H2,1,3-4H3,(H,15,16);6,10,12H,2,5,7-9H2,1,3-4H3,(H,13,14). The Morgan fingerprint density at radius 2 is 1.09 bits per heavy atom. The van der Waals surface area contributed by atoms with Crippen molar-refractivity contribution in [3.63, 3.8) is 0 Å². The molecule has 0 aliphatic carbocycles. The minimum atomic E-state index is -0.402. The Hall–Kier alpha value is -1.74. The molecule has 0 bridgehead atoms. The highest BCUT2D eigenvalue weighted by atomic mass is 16.7. The zero-order valence-electron chi connectivity index (χ0n) is 22.4. The van der Waals surface area contributed by atoms with Gasteiger partial charge in [0.15, 0.2) is 12.6 Å². The minimum Gasteiger partial charge on any atom is -0.354 e. The third kappa shape index (κ3) is 17.7. The summed E-state index contributed by atoms with van der Waals surface area (Å²) in [5, 5.41) is 5.71. The highest BCUT2D eigenvalue weighted by Gasteiger charge is 2.23. The molecule has 2 amide bonds. The lowest BCUT2D eigenvalue weighted by Crippen LogP contribution is -2.45. The van der Waals surface area contributed by atoms with E-state index in [0.29, 0.717) is 13.2 Å². The Bertz CT molecular complexity index is 519. The van der Waals surface area contributed by atoms with Gasteiger partial charge in [0.05, 0.1) is 12.1 Å². The number of rotatable bonds is 20. The molecule has 8 heteroatoms. The van der Waals surface area contributed by atoms with Crippen LogP contribution in [-0.2, 0) is 28.5 Å². The maximum absolute atomic E-state index is 11.4. The van der Waals surface area contributed by atoms with Gasteiger partial charge < -0.3 is 29.6 Å². The number of amides is 2. The number of ether oxygens (including phenoxy) is 4. The van der Waals surface area contributed by atoms with E-state index in [4.69, 9.17) is 18.9 Å². The topological polar surface area (TPSA) is 95.1 Å².